The van der Waals surface area contributed by atoms with Crippen molar-refractivity contribution in [3.05, 3.63) is 23.8 Å². The van der Waals surface area contributed by atoms with Gasteiger partial charge in [-0.25, -0.2) is 0 Å². The van der Waals surface area contributed by atoms with E-state index >= 15 is 0 Å². The molecule has 0 heterocycles. The van der Waals surface area contributed by atoms with E-state index in [1.165, 1.54) is 38.5 Å². The summed E-state index contributed by atoms with van der Waals surface area (Å²) in [4.78, 5) is 0. The van der Waals surface area contributed by atoms with Crippen molar-refractivity contribution in [2.24, 2.45) is 23.2 Å². The van der Waals surface area contributed by atoms with E-state index in [0.717, 1.165) is 17.8 Å². The topological polar surface area (TPSA) is 0 Å². The lowest BCUT2D eigenvalue weighted by Crippen LogP contribution is -2.19. The highest BCUT2D eigenvalue weighted by Gasteiger charge is 2.49. The lowest BCUT2D eigenvalue weighted by molar-refractivity contribution is 0.420. The Labute approximate surface area is 86.1 Å². The third-order valence-electron chi connectivity index (χ3n) is 5.01. The third kappa shape index (κ3) is 0.809. The highest BCUT2D eigenvalue weighted by atomic mass is 14.5. The molecule has 4 unspecified atom stereocenters. The quantitative estimate of drug-likeness (QED) is 0.548. The van der Waals surface area contributed by atoms with E-state index in [0.29, 0.717) is 5.41 Å². The van der Waals surface area contributed by atoms with Crippen LogP contribution in [0.1, 0.15) is 38.5 Å². The van der Waals surface area contributed by atoms with E-state index in [2.05, 4.69) is 18.2 Å². The second-order valence-electron chi connectivity index (χ2n) is 5.78. The van der Waals surface area contributed by atoms with Crippen LogP contribution in [0.2, 0.25) is 0 Å². The Kier molecular flexibility index (Phi) is 1.30. The average Bonchev–Trinajstić information content (AvgIpc) is 2.98. The molecule has 0 nitrogen and oxygen atoms in total. The molecule has 0 aliphatic heterocycles. The van der Waals surface area contributed by atoms with Crippen LogP contribution >= 0.6 is 0 Å². The highest BCUT2D eigenvalue weighted by Crippen LogP contribution is 2.60. The average molecular weight is 185 g/mol. The standard InChI is InChI=1S/C14H17/c1-2-12-7-11(1)8-13(12)14-5-3-10(9-14)4-6-14/h3,5,10-12H,1-2,4,6-7,9H2. The first kappa shape index (κ1) is 7.73. The van der Waals surface area contributed by atoms with Crippen molar-refractivity contribution in [1.82, 2.24) is 0 Å². The predicted molar refractivity (Wildman–Crippen MR) is 56.5 cm³/mol. The van der Waals surface area contributed by atoms with E-state index in [9.17, 15) is 0 Å². The maximum Gasteiger partial charge on any atom is 0.0105 e. The molecule has 0 aromatic rings. The number of allylic oxidation sites excluding steroid dienone is 4. The van der Waals surface area contributed by atoms with Gasteiger partial charge in [-0.05, 0) is 62.4 Å². The molecule has 0 aromatic heterocycles. The minimum absolute atomic E-state index is 0.518. The van der Waals surface area contributed by atoms with Crippen molar-refractivity contribution >= 4 is 0 Å². The van der Waals surface area contributed by atoms with Crippen molar-refractivity contribution < 1.29 is 0 Å². The van der Waals surface area contributed by atoms with Crippen LogP contribution in [0.3, 0.4) is 0 Å². The van der Waals surface area contributed by atoms with Gasteiger partial charge in [0.25, 0.3) is 0 Å². The minimum atomic E-state index is 0.518. The summed E-state index contributed by atoms with van der Waals surface area (Å²) in [6.45, 7) is 0. The largest absolute Gasteiger partial charge is 0.0845 e. The Morgan fingerprint density at radius 1 is 1.29 bits per heavy atom. The fraction of sp³-hybridized carbons (Fsp3) is 0.714. The molecule has 4 aliphatic rings. The molecular weight excluding hydrogens is 168 g/mol. The summed E-state index contributed by atoms with van der Waals surface area (Å²) in [7, 11) is 0. The summed E-state index contributed by atoms with van der Waals surface area (Å²) < 4.78 is 0. The van der Waals surface area contributed by atoms with E-state index in [1.807, 2.05) is 0 Å². The smallest absolute Gasteiger partial charge is 0.0105 e. The second-order valence-corrected chi connectivity index (χ2v) is 5.78. The van der Waals surface area contributed by atoms with Crippen LogP contribution in [-0.2, 0) is 0 Å². The van der Waals surface area contributed by atoms with E-state index in [4.69, 9.17) is 0 Å². The summed E-state index contributed by atoms with van der Waals surface area (Å²) >= 11 is 0. The predicted octanol–water partition coefficient (Wildman–Crippen LogP) is 3.50. The number of hydrogen-bond acceptors (Lipinski definition) is 0. The zero-order valence-corrected chi connectivity index (χ0v) is 8.63. The summed E-state index contributed by atoms with van der Waals surface area (Å²) in [5, 5.41) is 0. The molecule has 73 valence electrons. The molecular formula is C14H17. The normalized spacial score (nSPS) is 53.1. The first-order valence-corrected chi connectivity index (χ1v) is 6.19. The van der Waals surface area contributed by atoms with E-state index in [-0.39, 0.29) is 0 Å². The van der Waals surface area contributed by atoms with Crippen molar-refractivity contribution in [3.8, 4) is 0 Å². The SMILES string of the molecule is [C]1=C(C23C=CC(CC2)C3)C2CCC1C2. The number of rotatable bonds is 1. The van der Waals surface area contributed by atoms with Crippen LogP contribution in [0.4, 0.5) is 0 Å². The van der Waals surface area contributed by atoms with Crippen LogP contribution in [-0.4, -0.2) is 0 Å². The zero-order chi connectivity index (χ0) is 9.17. The number of hydrogen-bond donors (Lipinski definition) is 0. The fourth-order valence-electron chi connectivity index (χ4n) is 4.35. The van der Waals surface area contributed by atoms with Gasteiger partial charge in [-0.2, -0.15) is 0 Å². The van der Waals surface area contributed by atoms with Crippen LogP contribution in [0.25, 0.3) is 0 Å². The molecule has 0 aromatic carbocycles. The molecule has 0 amide bonds. The third-order valence-corrected chi connectivity index (χ3v) is 5.01. The molecule has 0 N–H and O–H groups in total. The number of fused-ring (bicyclic) bond motifs is 4. The fourth-order valence-corrected chi connectivity index (χ4v) is 4.35. The Balaban J connectivity index is 1.76. The lowest BCUT2D eigenvalue weighted by Gasteiger charge is -2.30. The van der Waals surface area contributed by atoms with E-state index < -0.39 is 0 Å². The molecule has 1 radical (unpaired) electrons. The molecule has 4 atom stereocenters. The van der Waals surface area contributed by atoms with Gasteiger partial charge in [-0.1, -0.05) is 17.7 Å². The summed E-state index contributed by atoms with van der Waals surface area (Å²) in [6, 6.07) is 0. The van der Waals surface area contributed by atoms with Crippen molar-refractivity contribution in [3.63, 3.8) is 0 Å². The van der Waals surface area contributed by atoms with Gasteiger partial charge < -0.3 is 0 Å². The second kappa shape index (κ2) is 2.35. The maximum absolute atomic E-state index is 3.82. The Hall–Kier alpha value is -0.520. The van der Waals surface area contributed by atoms with Gasteiger partial charge in [0, 0.05) is 5.41 Å². The monoisotopic (exact) mass is 185 g/mol. The molecule has 4 rings (SSSR count). The van der Waals surface area contributed by atoms with E-state index in [1.54, 1.807) is 5.57 Å². The Morgan fingerprint density at radius 3 is 2.79 bits per heavy atom. The Bertz CT molecular complexity index is 336. The van der Waals surface area contributed by atoms with Gasteiger partial charge in [-0.15, -0.1) is 0 Å². The summed E-state index contributed by atoms with van der Waals surface area (Å²) in [5.74, 6) is 2.70. The molecule has 0 saturated heterocycles. The molecule has 2 fully saturated rings. The molecule has 4 bridgehead atoms. The maximum atomic E-state index is 3.82. The Morgan fingerprint density at radius 2 is 2.29 bits per heavy atom. The van der Waals surface area contributed by atoms with Crippen molar-refractivity contribution in [1.29, 1.82) is 0 Å². The van der Waals surface area contributed by atoms with Gasteiger partial charge in [-0.3, -0.25) is 0 Å². The van der Waals surface area contributed by atoms with Crippen molar-refractivity contribution in [2.75, 3.05) is 0 Å². The molecule has 0 heteroatoms. The molecule has 2 saturated carbocycles. The molecule has 14 heavy (non-hydrogen) atoms. The van der Waals surface area contributed by atoms with Gasteiger partial charge in [0.05, 0.1) is 0 Å². The van der Waals surface area contributed by atoms with Gasteiger partial charge >= 0.3 is 0 Å². The first-order chi connectivity index (χ1) is 6.86. The van der Waals surface area contributed by atoms with Crippen LogP contribution in [0, 0.1) is 29.2 Å². The first-order valence-electron chi connectivity index (χ1n) is 6.19. The van der Waals surface area contributed by atoms with Crippen LogP contribution in [0.15, 0.2) is 17.7 Å². The van der Waals surface area contributed by atoms with Gasteiger partial charge in [0.15, 0.2) is 0 Å². The van der Waals surface area contributed by atoms with Crippen LogP contribution in [0.5, 0.6) is 0 Å². The minimum Gasteiger partial charge on any atom is -0.0845 e. The summed E-state index contributed by atoms with van der Waals surface area (Å²) in [5.41, 5.74) is 2.26. The van der Waals surface area contributed by atoms with Gasteiger partial charge in [0.1, 0.15) is 0 Å². The van der Waals surface area contributed by atoms with Gasteiger partial charge in [0.2, 0.25) is 0 Å². The molecule has 0 spiro atoms. The lowest BCUT2D eigenvalue weighted by atomic mass is 9.74. The zero-order valence-electron chi connectivity index (χ0n) is 8.63. The highest BCUT2D eigenvalue weighted by molar-refractivity contribution is 5.34. The van der Waals surface area contributed by atoms with Crippen LogP contribution < -0.4 is 0 Å². The summed E-state index contributed by atoms with van der Waals surface area (Å²) in [6.07, 6.45) is 17.5. The van der Waals surface area contributed by atoms with Crippen molar-refractivity contribution in [2.45, 2.75) is 38.5 Å². The molecule has 4 aliphatic carbocycles.